The molecule has 0 saturated heterocycles. The lowest BCUT2D eigenvalue weighted by atomic mass is 9.95. The third kappa shape index (κ3) is 5.83. The Hall–Kier alpha value is -1.83. The van der Waals surface area contributed by atoms with E-state index in [1.54, 1.807) is 18.2 Å². The van der Waals surface area contributed by atoms with E-state index in [9.17, 15) is 9.90 Å². The lowest BCUT2D eigenvalue weighted by Gasteiger charge is -2.28. The highest BCUT2D eigenvalue weighted by atomic mass is 28.4. The van der Waals surface area contributed by atoms with Gasteiger partial charge in [-0.05, 0) is 38.3 Å². The van der Waals surface area contributed by atoms with Crippen LogP contribution in [0.1, 0.15) is 48.4 Å². The summed E-state index contributed by atoms with van der Waals surface area (Å²) in [6.45, 7) is 7.31. The number of hydrogen-bond acceptors (Lipinski definition) is 5. The zero-order valence-corrected chi connectivity index (χ0v) is 17.9. The van der Waals surface area contributed by atoms with Crippen LogP contribution >= 0.6 is 0 Å². The van der Waals surface area contributed by atoms with Gasteiger partial charge >= 0.3 is 8.80 Å². The van der Waals surface area contributed by atoms with Gasteiger partial charge in [0.1, 0.15) is 6.10 Å². The minimum Gasteiger partial charge on any atom is -0.380 e. The summed E-state index contributed by atoms with van der Waals surface area (Å²) in [5, 5.41) is 10.5. The first-order chi connectivity index (χ1) is 13.6. The predicted molar refractivity (Wildman–Crippen MR) is 111 cm³/mol. The zero-order chi connectivity index (χ0) is 20.4. The number of hydrogen-bond donors (Lipinski definition) is 1. The van der Waals surface area contributed by atoms with Gasteiger partial charge in [-0.15, -0.1) is 0 Å². The van der Waals surface area contributed by atoms with E-state index in [0.717, 1.165) is 5.56 Å². The molecule has 0 fully saturated rings. The SMILES string of the molecule is CCO[Si](CCc1ccccc1C(=O)C(O)c1ccccc1)(OCC)OCC. The molecule has 0 aromatic heterocycles. The summed E-state index contributed by atoms with van der Waals surface area (Å²) in [6, 6.07) is 16.9. The maximum Gasteiger partial charge on any atom is 0.501 e. The molecular formula is C22H30O5Si. The molecule has 1 unspecified atom stereocenters. The van der Waals surface area contributed by atoms with Crippen molar-refractivity contribution in [3.05, 3.63) is 71.3 Å². The number of aryl methyl sites for hydroxylation is 1. The van der Waals surface area contributed by atoms with Crippen LogP contribution in [-0.2, 0) is 19.7 Å². The molecule has 0 spiro atoms. The van der Waals surface area contributed by atoms with Gasteiger partial charge in [0, 0.05) is 31.4 Å². The molecule has 0 aliphatic heterocycles. The molecule has 1 N–H and O–H groups in total. The average molecular weight is 403 g/mol. The van der Waals surface area contributed by atoms with Crippen molar-refractivity contribution < 1.29 is 23.2 Å². The van der Waals surface area contributed by atoms with Crippen LogP contribution in [0, 0.1) is 0 Å². The molecule has 0 heterocycles. The Labute approximate surface area is 168 Å². The smallest absolute Gasteiger partial charge is 0.380 e. The number of aliphatic hydroxyl groups is 1. The molecule has 28 heavy (non-hydrogen) atoms. The maximum atomic E-state index is 12.9. The second-order valence-corrected chi connectivity index (χ2v) is 9.05. The zero-order valence-electron chi connectivity index (χ0n) is 16.9. The quantitative estimate of drug-likeness (QED) is 0.426. The van der Waals surface area contributed by atoms with Gasteiger partial charge in [-0.3, -0.25) is 4.79 Å². The van der Waals surface area contributed by atoms with Crippen molar-refractivity contribution in [3.8, 4) is 0 Å². The first-order valence-corrected chi connectivity index (χ1v) is 11.8. The van der Waals surface area contributed by atoms with E-state index in [4.69, 9.17) is 13.3 Å². The van der Waals surface area contributed by atoms with Crippen LogP contribution in [0.4, 0.5) is 0 Å². The summed E-state index contributed by atoms with van der Waals surface area (Å²) in [4.78, 5) is 12.9. The largest absolute Gasteiger partial charge is 0.501 e. The van der Waals surface area contributed by atoms with Crippen molar-refractivity contribution in [2.24, 2.45) is 0 Å². The molecule has 152 valence electrons. The van der Waals surface area contributed by atoms with Crippen LogP contribution in [0.15, 0.2) is 54.6 Å². The van der Waals surface area contributed by atoms with Crippen molar-refractivity contribution in [2.75, 3.05) is 19.8 Å². The summed E-state index contributed by atoms with van der Waals surface area (Å²) in [6.07, 6.45) is -0.606. The number of aliphatic hydroxyl groups excluding tert-OH is 1. The van der Waals surface area contributed by atoms with Crippen molar-refractivity contribution in [1.29, 1.82) is 0 Å². The molecule has 2 aromatic rings. The molecule has 0 amide bonds. The Kier molecular flexibility index (Phi) is 9.01. The van der Waals surface area contributed by atoms with Crippen LogP contribution < -0.4 is 0 Å². The molecule has 0 saturated carbocycles. The molecule has 0 aliphatic carbocycles. The molecule has 0 radical (unpaired) electrons. The van der Waals surface area contributed by atoms with E-state index < -0.39 is 14.9 Å². The number of ketones is 1. The van der Waals surface area contributed by atoms with Crippen molar-refractivity contribution in [2.45, 2.75) is 39.3 Å². The van der Waals surface area contributed by atoms with Gasteiger partial charge in [0.2, 0.25) is 0 Å². The first-order valence-electron chi connectivity index (χ1n) is 9.83. The van der Waals surface area contributed by atoms with Crippen molar-refractivity contribution >= 4 is 14.6 Å². The van der Waals surface area contributed by atoms with E-state index >= 15 is 0 Å². The first kappa shape index (κ1) is 22.5. The van der Waals surface area contributed by atoms with E-state index in [2.05, 4.69) is 0 Å². The summed E-state index contributed by atoms with van der Waals surface area (Å²) in [5.74, 6) is -0.307. The van der Waals surface area contributed by atoms with E-state index in [1.807, 2.05) is 57.2 Å². The summed E-state index contributed by atoms with van der Waals surface area (Å²) in [7, 11) is -2.80. The minimum absolute atomic E-state index is 0.307. The van der Waals surface area contributed by atoms with Gasteiger partial charge < -0.3 is 18.4 Å². The van der Waals surface area contributed by atoms with E-state index in [0.29, 0.717) is 43.4 Å². The van der Waals surface area contributed by atoms with Gasteiger partial charge in [-0.25, -0.2) is 0 Å². The molecule has 2 rings (SSSR count). The predicted octanol–water partition coefficient (Wildman–Crippen LogP) is 4.19. The van der Waals surface area contributed by atoms with Gasteiger partial charge in [0.05, 0.1) is 0 Å². The highest BCUT2D eigenvalue weighted by Crippen LogP contribution is 2.24. The van der Waals surface area contributed by atoms with E-state index in [1.165, 1.54) is 0 Å². The van der Waals surface area contributed by atoms with E-state index in [-0.39, 0.29) is 5.78 Å². The Balaban J connectivity index is 2.22. The van der Waals surface area contributed by atoms with Gasteiger partial charge in [-0.2, -0.15) is 0 Å². The number of carbonyl (C=O) groups excluding carboxylic acids is 1. The van der Waals surface area contributed by atoms with Crippen LogP contribution in [0.25, 0.3) is 0 Å². The highest BCUT2D eigenvalue weighted by Gasteiger charge is 2.40. The lowest BCUT2D eigenvalue weighted by Crippen LogP contribution is -2.46. The fraction of sp³-hybridized carbons (Fsp3) is 0.409. The lowest BCUT2D eigenvalue weighted by molar-refractivity contribution is 0.0708. The van der Waals surface area contributed by atoms with Crippen LogP contribution in [-0.4, -0.2) is 39.5 Å². The molecular weight excluding hydrogens is 372 g/mol. The second-order valence-electron chi connectivity index (χ2n) is 6.32. The third-order valence-corrected chi connectivity index (χ3v) is 7.49. The topological polar surface area (TPSA) is 65.0 Å². The minimum atomic E-state index is -2.80. The number of benzene rings is 2. The van der Waals surface area contributed by atoms with Gasteiger partial charge in [0.15, 0.2) is 5.78 Å². The fourth-order valence-corrected chi connectivity index (χ4v) is 5.78. The molecule has 0 aliphatic rings. The number of rotatable bonds is 12. The normalized spacial score (nSPS) is 12.7. The summed E-state index contributed by atoms with van der Waals surface area (Å²) < 4.78 is 17.7. The van der Waals surface area contributed by atoms with Crippen molar-refractivity contribution in [1.82, 2.24) is 0 Å². The second kappa shape index (κ2) is 11.2. The Morgan fingerprint density at radius 2 is 1.43 bits per heavy atom. The van der Waals surface area contributed by atoms with Gasteiger partial charge in [-0.1, -0.05) is 54.6 Å². The Morgan fingerprint density at radius 3 is 2.00 bits per heavy atom. The van der Waals surface area contributed by atoms with Gasteiger partial charge in [0.25, 0.3) is 0 Å². The molecule has 2 aromatic carbocycles. The number of Topliss-reactive ketones (excluding diaryl/α,β-unsaturated/α-hetero) is 1. The van der Waals surface area contributed by atoms with Crippen LogP contribution in [0.2, 0.25) is 6.04 Å². The van der Waals surface area contributed by atoms with Crippen LogP contribution in [0.3, 0.4) is 0 Å². The Bertz CT molecular complexity index is 718. The molecule has 1 atom stereocenters. The summed E-state index contributed by atoms with van der Waals surface area (Å²) >= 11 is 0. The summed E-state index contributed by atoms with van der Waals surface area (Å²) in [5.41, 5.74) is 1.97. The monoisotopic (exact) mass is 402 g/mol. The molecule has 5 nitrogen and oxygen atoms in total. The molecule has 6 heteroatoms. The van der Waals surface area contributed by atoms with Crippen LogP contribution in [0.5, 0.6) is 0 Å². The third-order valence-electron chi connectivity index (χ3n) is 4.44. The Morgan fingerprint density at radius 1 is 0.893 bits per heavy atom. The molecule has 0 bridgehead atoms. The standard InChI is InChI=1S/C22H30O5Si/c1-4-25-28(26-5-2,27-6-3)17-16-18-12-10-11-15-20(18)22(24)21(23)19-13-8-7-9-14-19/h7-15,21,23H,4-6,16-17H2,1-3H3. The average Bonchev–Trinajstić information content (AvgIpc) is 2.73. The maximum absolute atomic E-state index is 12.9. The number of carbonyl (C=O) groups is 1. The highest BCUT2D eigenvalue weighted by molar-refractivity contribution is 6.60. The fourth-order valence-electron chi connectivity index (χ4n) is 3.20. The van der Waals surface area contributed by atoms with Crippen molar-refractivity contribution in [3.63, 3.8) is 0 Å².